The Bertz CT molecular complexity index is 3570. The van der Waals surface area contributed by atoms with Crippen LogP contribution in [-0.4, -0.2) is 0 Å². The van der Waals surface area contributed by atoms with E-state index in [1.54, 1.807) is 0 Å². The van der Waals surface area contributed by atoms with Gasteiger partial charge in [0.2, 0.25) is 0 Å². The maximum atomic E-state index is 2.39. The van der Waals surface area contributed by atoms with Crippen molar-refractivity contribution >= 4 is 38.6 Å². The molecule has 12 rings (SSSR count). The van der Waals surface area contributed by atoms with Crippen molar-refractivity contribution in [3.63, 3.8) is 0 Å². The van der Waals surface area contributed by atoms with Gasteiger partial charge in [0.25, 0.3) is 0 Å². The molecule has 11 aromatic rings. The van der Waals surface area contributed by atoms with Crippen LogP contribution in [0.5, 0.6) is 0 Å². The van der Waals surface area contributed by atoms with Crippen molar-refractivity contribution in [2.24, 2.45) is 0 Å². The van der Waals surface area contributed by atoms with Gasteiger partial charge in [-0.3, -0.25) is 0 Å². The second-order valence-electron chi connectivity index (χ2n) is 18.1. The van der Waals surface area contributed by atoms with Crippen LogP contribution in [0.2, 0.25) is 0 Å². The molecule has 66 heavy (non-hydrogen) atoms. The Balaban J connectivity index is 0.928. The molecule has 0 bridgehead atoms. The van der Waals surface area contributed by atoms with E-state index in [1.807, 2.05) is 0 Å². The predicted molar refractivity (Wildman–Crippen MR) is 281 cm³/mol. The van der Waals surface area contributed by atoms with Crippen molar-refractivity contribution in [2.75, 3.05) is 4.90 Å². The monoisotopic (exact) mass is 841 g/mol. The molecule has 0 radical (unpaired) electrons. The maximum Gasteiger partial charge on any atom is 0.0462 e. The number of rotatable bonds is 8. The number of anilines is 3. The van der Waals surface area contributed by atoms with Crippen LogP contribution in [0, 0.1) is 0 Å². The average molecular weight is 842 g/mol. The first-order valence-electron chi connectivity index (χ1n) is 23.0. The van der Waals surface area contributed by atoms with E-state index < -0.39 is 0 Å². The van der Waals surface area contributed by atoms with E-state index in [2.05, 4.69) is 267 Å². The number of hydrogen-bond acceptors (Lipinski definition) is 1. The third-order valence-electron chi connectivity index (χ3n) is 13.9. The van der Waals surface area contributed by atoms with Crippen LogP contribution in [0.1, 0.15) is 25.0 Å². The highest BCUT2D eigenvalue weighted by atomic mass is 15.1. The molecule has 312 valence electrons. The molecule has 0 fully saturated rings. The Labute approximate surface area is 387 Å². The summed E-state index contributed by atoms with van der Waals surface area (Å²) in [4.78, 5) is 2.38. The first-order chi connectivity index (χ1) is 32.5. The summed E-state index contributed by atoms with van der Waals surface area (Å²) < 4.78 is 0. The lowest BCUT2D eigenvalue weighted by atomic mass is 9.82. The lowest BCUT2D eigenvalue weighted by Crippen LogP contribution is -2.14. The molecule has 1 aliphatic carbocycles. The predicted octanol–water partition coefficient (Wildman–Crippen LogP) is 18.1. The van der Waals surface area contributed by atoms with Crippen LogP contribution < -0.4 is 4.90 Å². The first-order valence-corrected chi connectivity index (χ1v) is 23.0. The van der Waals surface area contributed by atoms with E-state index in [0.717, 1.165) is 17.1 Å². The van der Waals surface area contributed by atoms with Crippen molar-refractivity contribution in [2.45, 2.75) is 19.3 Å². The minimum Gasteiger partial charge on any atom is -0.311 e. The summed E-state index contributed by atoms with van der Waals surface area (Å²) in [6.45, 7) is 4.68. The fourth-order valence-corrected chi connectivity index (χ4v) is 10.5. The van der Waals surface area contributed by atoms with Crippen molar-refractivity contribution in [3.8, 4) is 66.8 Å². The number of fused-ring (bicyclic) bond motifs is 6. The maximum absolute atomic E-state index is 2.39. The highest BCUT2D eigenvalue weighted by Crippen LogP contribution is 2.50. The summed E-state index contributed by atoms with van der Waals surface area (Å²) in [5.74, 6) is 0. The zero-order valence-electron chi connectivity index (χ0n) is 37.1. The highest BCUT2D eigenvalue weighted by Gasteiger charge is 2.35. The molecule has 1 nitrogen and oxygen atoms in total. The lowest BCUT2D eigenvalue weighted by Gasteiger charge is -2.26. The third-order valence-corrected chi connectivity index (χ3v) is 13.9. The Kier molecular flexibility index (Phi) is 9.58. The van der Waals surface area contributed by atoms with Crippen LogP contribution in [0.4, 0.5) is 17.1 Å². The summed E-state index contributed by atoms with van der Waals surface area (Å²) >= 11 is 0. The van der Waals surface area contributed by atoms with Gasteiger partial charge in [0.15, 0.2) is 0 Å². The van der Waals surface area contributed by atoms with E-state index in [9.17, 15) is 0 Å². The standard InChI is InChI=1S/C65H47N/c1-65(2)63-23-12-11-20-60(63)62-43-51(32-41-64(62)65)45-26-35-53(36-27-45)66(54-37-28-49(29-38-54)56-21-13-22-58-55-19-10-9-18-48(55)30-40-59(56)58)52-33-24-44(25-34-52)50-31-39-57(46-14-5-3-6-15-46)61(42-50)47-16-7-4-8-17-47/h3-43H,1-2H3. The molecule has 0 atom stereocenters. The molecule has 1 heteroatoms. The zero-order chi connectivity index (χ0) is 44.2. The molecular weight excluding hydrogens is 795 g/mol. The van der Waals surface area contributed by atoms with Crippen molar-refractivity contribution < 1.29 is 0 Å². The normalized spacial score (nSPS) is 12.5. The Morgan fingerprint density at radius 3 is 1.39 bits per heavy atom. The topological polar surface area (TPSA) is 3.24 Å². The van der Waals surface area contributed by atoms with Gasteiger partial charge in [0.1, 0.15) is 0 Å². The Morgan fingerprint density at radius 1 is 0.258 bits per heavy atom. The molecule has 0 spiro atoms. The lowest BCUT2D eigenvalue weighted by molar-refractivity contribution is 0.660. The molecule has 0 amide bonds. The van der Waals surface area contributed by atoms with E-state index in [4.69, 9.17) is 0 Å². The van der Waals surface area contributed by atoms with Gasteiger partial charge in [0, 0.05) is 22.5 Å². The molecule has 1 aliphatic rings. The van der Waals surface area contributed by atoms with Gasteiger partial charge in [-0.15, -0.1) is 0 Å². The molecule has 0 saturated carbocycles. The molecule has 0 aromatic heterocycles. The number of hydrogen-bond donors (Lipinski definition) is 0. The van der Waals surface area contributed by atoms with E-state index in [1.165, 1.54) is 99.4 Å². The zero-order valence-corrected chi connectivity index (χ0v) is 37.1. The molecule has 0 aliphatic heterocycles. The number of benzene rings is 11. The van der Waals surface area contributed by atoms with Gasteiger partial charge >= 0.3 is 0 Å². The number of nitrogens with zero attached hydrogens (tertiary/aromatic N) is 1. The second-order valence-corrected chi connectivity index (χ2v) is 18.1. The van der Waals surface area contributed by atoms with Crippen LogP contribution in [0.25, 0.3) is 88.3 Å². The minimum absolute atomic E-state index is 0.0162. The van der Waals surface area contributed by atoms with Crippen LogP contribution in [0.3, 0.4) is 0 Å². The smallest absolute Gasteiger partial charge is 0.0462 e. The summed E-state index contributed by atoms with van der Waals surface area (Å²) in [7, 11) is 0. The fraction of sp³-hybridized carbons (Fsp3) is 0.0462. The minimum atomic E-state index is -0.0162. The quantitative estimate of drug-likeness (QED) is 0.138. The first kappa shape index (κ1) is 39.3. The summed E-state index contributed by atoms with van der Waals surface area (Å²) in [5, 5.41) is 5.08. The highest BCUT2D eigenvalue weighted by molar-refractivity contribution is 6.12. The largest absolute Gasteiger partial charge is 0.311 e. The van der Waals surface area contributed by atoms with Crippen LogP contribution in [0.15, 0.2) is 249 Å². The van der Waals surface area contributed by atoms with Gasteiger partial charge in [-0.2, -0.15) is 0 Å². The van der Waals surface area contributed by atoms with E-state index in [0.29, 0.717) is 0 Å². The van der Waals surface area contributed by atoms with E-state index >= 15 is 0 Å². The molecule has 0 saturated heterocycles. The van der Waals surface area contributed by atoms with Crippen LogP contribution >= 0.6 is 0 Å². The van der Waals surface area contributed by atoms with Gasteiger partial charge < -0.3 is 4.90 Å². The summed E-state index contributed by atoms with van der Waals surface area (Å²) in [6.07, 6.45) is 0. The van der Waals surface area contributed by atoms with Gasteiger partial charge in [-0.1, -0.05) is 214 Å². The van der Waals surface area contributed by atoms with Crippen molar-refractivity contribution in [1.82, 2.24) is 0 Å². The Hall–Kier alpha value is -8.26. The molecule has 0 N–H and O–H groups in total. The summed E-state index contributed by atoms with van der Waals surface area (Å²) in [5.41, 5.74) is 20.8. The average Bonchev–Trinajstić information content (AvgIpc) is 3.62. The van der Waals surface area contributed by atoms with Gasteiger partial charge in [0.05, 0.1) is 0 Å². The van der Waals surface area contributed by atoms with Crippen LogP contribution in [-0.2, 0) is 5.41 Å². The third kappa shape index (κ3) is 6.80. The SMILES string of the molecule is CC1(C)c2ccccc2-c2cc(-c3ccc(N(c4ccc(-c5ccc(-c6ccccc6)c(-c6ccccc6)c5)cc4)c4ccc(-c5cccc6c5ccc5ccccc56)cc4)cc3)ccc21. The molecule has 0 heterocycles. The van der Waals surface area contributed by atoms with Crippen molar-refractivity contribution in [1.29, 1.82) is 0 Å². The Morgan fingerprint density at radius 2 is 0.727 bits per heavy atom. The van der Waals surface area contributed by atoms with Crippen molar-refractivity contribution in [3.05, 3.63) is 260 Å². The summed E-state index contributed by atoms with van der Waals surface area (Å²) in [6, 6.07) is 91.3. The van der Waals surface area contributed by atoms with E-state index in [-0.39, 0.29) is 5.41 Å². The van der Waals surface area contributed by atoms with Gasteiger partial charge in [-0.25, -0.2) is 0 Å². The molecule has 0 unspecified atom stereocenters. The fourth-order valence-electron chi connectivity index (χ4n) is 10.5. The molecule has 11 aromatic carbocycles. The van der Waals surface area contributed by atoms with Gasteiger partial charge in [-0.05, 0) is 148 Å². The molecular formula is C65H47N. The second kappa shape index (κ2) is 16.1.